The third-order valence-electron chi connectivity index (χ3n) is 6.79. The van der Waals surface area contributed by atoms with Crippen LogP contribution in [0.15, 0.2) is 79.0 Å². The Kier molecular flexibility index (Phi) is 10.1. The van der Waals surface area contributed by atoms with Gasteiger partial charge in [0, 0.05) is 49.2 Å². The first-order chi connectivity index (χ1) is 19.5. The number of hydrogen-bond acceptors (Lipinski definition) is 6. The summed E-state index contributed by atoms with van der Waals surface area (Å²) < 4.78 is 5.42. The molecular weight excluding hydrogens is 508 g/mol. The highest BCUT2D eigenvalue weighted by molar-refractivity contribution is 5.90. The molecule has 3 aromatic carbocycles. The van der Waals surface area contributed by atoms with Gasteiger partial charge in [0.25, 0.3) is 5.91 Å². The first kappa shape index (κ1) is 28.6. The van der Waals surface area contributed by atoms with Crippen LogP contribution in [0.3, 0.4) is 0 Å². The van der Waals surface area contributed by atoms with Crippen LogP contribution in [0, 0.1) is 0 Å². The SMILES string of the molecule is COc1ccc2[nH]cc(CCN(Cc3ccc(/C=C/C(=O)NO)cc3)Cc3ccc(CCC(=O)NO)cc3)c2c1. The number of aromatic amines is 1. The molecule has 0 saturated heterocycles. The van der Waals surface area contributed by atoms with Gasteiger partial charge in [0.1, 0.15) is 5.75 Å². The Labute approximate surface area is 233 Å². The maximum absolute atomic E-state index is 11.4. The minimum atomic E-state index is -0.576. The van der Waals surface area contributed by atoms with E-state index in [9.17, 15) is 9.59 Å². The van der Waals surface area contributed by atoms with Gasteiger partial charge in [-0.25, -0.2) is 11.0 Å². The summed E-state index contributed by atoms with van der Waals surface area (Å²) in [6.45, 7) is 2.29. The highest BCUT2D eigenvalue weighted by Crippen LogP contribution is 2.24. The van der Waals surface area contributed by atoms with Gasteiger partial charge in [-0.15, -0.1) is 0 Å². The van der Waals surface area contributed by atoms with Crippen LogP contribution >= 0.6 is 0 Å². The second-order valence-corrected chi connectivity index (χ2v) is 9.59. The van der Waals surface area contributed by atoms with E-state index in [1.54, 1.807) is 24.1 Å². The number of amides is 2. The van der Waals surface area contributed by atoms with E-state index in [0.29, 0.717) is 6.42 Å². The normalized spacial score (nSPS) is 11.3. The van der Waals surface area contributed by atoms with Crippen LogP contribution < -0.4 is 15.7 Å². The number of aryl methyl sites for hydroxylation is 1. The first-order valence-electron chi connectivity index (χ1n) is 13.1. The Bertz CT molecular complexity index is 1450. The van der Waals surface area contributed by atoms with E-state index in [-0.39, 0.29) is 6.42 Å². The molecule has 9 heteroatoms. The second kappa shape index (κ2) is 14.1. The van der Waals surface area contributed by atoms with Crippen molar-refractivity contribution in [2.75, 3.05) is 13.7 Å². The van der Waals surface area contributed by atoms with Gasteiger partial charge in [0.05, 0.1) is 7.11 Å². The number of methoxy groups -OCH3 is 1. The molecule has 0 saturated carbocycles. The standard InChI is InChI=1S/C31H34N4O5/c1-40-27-12-13-29-28(18-27)26(19-32-29)16-17-35(20-24-6-2-22(3-7-24)10-14-30(36)33-38)21-25-8-4-23(5-9-25)11-15-31(37)34-39/h2-10,12-14,18-19,32,38-39H,11,15-17,20-21H2,1H3,(H,33,36)(H,34,37)/b14-10+. The zero-order chi connectivity index (χ0) is 28.3. The molecule has 0 unspecified atom stereocenters. The van der Waals surface area contributed by atoms with Crippen LogP contribution in [0.25, 0.3) is 17.0 Å². The Morgan fingerprint density at radius 2 is 1.57 bits per heavy atom. The molecule has 0 spiro atoms. The Hall–Kier alpha value is -4.44. The molecule has 4 rings (SSSR count). The van der Waals surface area contributed by atoms with E-state index < -0.39 is 11.8 Å². The predicted molar refractivity (Wildman–Crippen MR) is 153 cm³/mol. The summed E-state index contributed by atoms with van der Waals surface area (Å²) in [5.74, 6) is -0.150. The fourth-order valence-corrected chi connectivity index (χ4v) is 4.57. The highest BCUT2D eigenvalue weighted by atomic mass is 16.5. The molecule has 0 atom stereocenters. The van der Waals surface area contributed by atoms with Gasteiger partial charge in [-0.2, -0.15) is 0 Å². The average Bonchev–Trinajstić information content (AvgIpc) is 3.40. The first-order valence-corrected chi connectivity index (χ1v) is 13.1. The van der Waals surface area contributed by atoms with Gasteiger partial charge in [0.2, 0.25) is 5.91 Å². The van der Waals surface area contributed by atoms with Gasteiger partial charge >= 0.3 is 0 Å². The third-order valence-corrected chi connectivity index (χ3v) is 6.79. The van der Waals surface area contributed by atoms with Crippen LogP contribution in [-0.4, -0.2) is 45.8 Å². The molecule has 0 bridgehead atoms. The maximum Gasteiger partial charge on any atom is 0.267 e. The van der Waals surface area contributed by atoms with E-state index in [2.05, 4.69) is 34.3 Å². The van der Waals surface area contributed by atoms with Crippen molar-refractivity contribution in [2.24, 2.45) is 0 Å². The molecule has 0 aliphatic carbocycles. The van der Waals surface area contributed by atoms with Gasteiger partial charge in [-0.05, 0) is 64.9 Å². The summed E-state index contributed by atoms with van der Waals surface area (Å²) in [7, 11) is 1.67. The number of carbonyl (C=O) groups excluding carboxylic acids is 2. The van der Waals surface area contributed by atoms with Crippen LogP contribution in [0.1, 0.15) is 34.2 Å². The molecule has 1 aromatic heterocycles. The number of aromatic nitrogens is 1. The smallest absolute Gasteiger partial charge is 0.267 e. The lowest BCUT2D eigenvalue weighted by molar-refractivity contribution is -0.129. The van der Waals surface area contributed by atoms with Crippen molar-refractivity contribution in [2.45, 2.75) is 32.4 Å². The molecule has 0 fully saturated rings. The summed E-state index contributed by atoms with van der Waals surface area (Å²) in [5.41, 5.74) is 9.74. The van der Waals surface area contributed by atoms with Crippen molar-refractivity contribution in [1.29, 1.82) is 0 Å². The average molecular weight is 543 g/mol. The summed E-state index contributed by atoms with van der Waals surface area (Å²) in [6, 6.07) is 22.2. The van der Waals surface area contributed by atoms with Crippen LogP contribution in [0.2, 0.25) is 0 Å². The number of hydroxylamine groups is 2. The number of benzene rings is 3. The van der Waals surface area contributed by atoms with E-state index in [4.69, 9.17) is 15.2 Å². The van der Waals surface area contributed by atoms with E-state index in [0.717, 1.165) is 65.0 Å². The number of ether oxygens (including phenoxy) is 1. The molecule has 208 valence electrons. The van der Waals surface area contributed by atoms with Gasteiger partial charge in [-0.1, -0.05) is 48.5 Å². The number of nitrogens with one attached hydrogen (secondary N) is 3. The number of H-pyrrole nitrogens is 1. The second-order valence-electron chi connectivity index (χ2n) is 9.59. The van der Waals surface area contributed by atoms with Crippen LogP contribution in [0.4, 0.5) is 0 Å². The minimum absolute atomic E-state index is 0.229. The van der Waals surface area contributed by atoms with Crippen LogP contribution in [-0.2, 0) is 35.5 Å². The summed E-state index contributed by atoms with van der Waals surface area (Å²) in [4.78, 5) is 28.4. The molecule has 0 aliphatic heterocycles. The molecule has 2 amide bonds. The van der Waals surface area contributed by atoms with Crippen molar-refractivity contribution >= 4 is 28.8 Å². The lowest BCUT2D eigenvalue weighted by Crippen LogP contribution is -2.25. The fraction of sp³-hybridized carbons (Fsp3) is 0.226. The Morgan fingerprint density at radius 3 is 2.23 bits per heavy atom. The van der Waals surface area contributed by atoms with Crippen molar-refractivity contribution < 1.29 is 24.7 Å². The monoisotopic (exact) mass is 542 g/mol. The van der Waals surface area contributed by atoms with E-state index in [1.165, 1.54) is 11.6 Å². The molecular formula is C31H34N4O5. The topological polar surface area (TPSA) is 127 Å². The van der Waals surface area contributed by atoms with Crippen molar-refractivity contribution in [3.05, 3.63) is 107 Å². The zero-order valence-electron chi connectivity index (χ0n) is 22.4. The summed E-state index contributed by atoms with van der Waals surface area (Å²) in [5, 5.41) is 18.5. The fourth-order valence-electron chi connectivity index (χ4n) is 4.57. The zero-order valence-corrected chi connectivity index (χ0v) is 22.4. The Balaban J connectivity index is 1.48. The number of fused-ring (bicyclic) bond motifs is 1. The maximum atomic E-state index is 11.4. The molecule has 0 aliphatic rings. The van der Waals surface area contributed by atoms with Crippen LogP contribution in [0.5, 0.6) is 5.75 Å². The number of hydrogen-bond donors (Lipinski definition) is 5. The molecule has 9 nitrogen and oxygen atoms in total. The quantitative estimate of drug-likeness (QED) is 0.0970. The largest absolute Gasteiger partial charge is 0.497 e. The minimum Gasteiger partial charge on any atom is -0.497 e. The number of nitrogens with zero attached hydrogens (tertiary/aromatic N) is 1. The van der Waals surface area contributed by atoms with Gasteiger partial charge in [0.15, 0.2) is 0 Å². The van der Waals surface area contributed by atoms with Gasteiger partial charge < -0.3 is 9.72 Å². The predicted octanol–water partition coefficient (Wildman–Crippen LogP) is 4.38. The summed E-state index contributed by atoms with van der Waals surface area (Å²) >= 11 is 0. The molecule has 1 heterocycles. The molecule has 0 radical (unpaired) electrons. The lowest BCUT2D eigenvalue weighted by atomic mass is 10.1. The molecule has 5 N–H and O–H groups in total. The van der Waals surface area contributed by atoms with Crippen molar-refractivity contribution in [3.8, 4) is 5.75 Å². The van der Waals surface area contributed by atoms with Gasteiger partial charge in [-0.3, -0.25) is 24.9 Å². The molecule has 40 heavy (non-hydrogen) atoms. The molecule has 4 aromatic rings. The summed E-state index contributed by atoms with van der Waals surface area (Å²) in [6.07, 6.45) is 6.61. The Morgan fingerprint density at radius 1 is 0.900 bits per heavy atom. The lowest BCUT2D eigenvalue weighted by Gasteiger charge is -2.23. The van der Waals surface area contributed by atoms with Crippen molar-refractivity contribution in [1.82, 2.24) is 20.8 Å². The van der Waals surface area contributed by atoms with Crippen molar-refractivity contribution in [3.63, 3.8) is 0 Å². The number of carbonyl (C=O) groups is 2. The third kappa shape index (κ3) is 8.03. The number of rotatable bonds is 13. The van der Waals surface area contributed by atoms with E-state index >= 15 is 0 Å². The van der Waals surface area contributed by atoms with E-state index in [1.807, 2.05) is 48.5 Å². The highest BCUT2D eigenvalue weighted by Gasteiger charge is 2.12.